The number of fused-ring (bicyclic) bond motifs is 3. The minimum atomic E-state index is -2.74. The van der Waals surface area contributed by atoms with Crippen LogP contribution in [0.25, 0.3) is 5.76 Å². The van der Waals surface area contributed by atoms with Crippen LogP contribution in [0.2, 0.25) is 0 Å². The molecule has 0 aromatic heterocycles. The highest BCUT2D eigenvalue weighted by atomic mass is 16.6. The van der Waals surface area contributed by atoms with Gasteiger partial charge in [-0.05, 0) is 51.4 Å². The lowest BCUT2D eigenvalue weighted by atomic mass is 9.57. The summed E-state index contributed by atoms with van der Waals surface area (Å²) in [4.78, 5) is 60.0. The third kappa shape index (κ3) is 3.96. The standard InChI is InChI=1S/C26H32N4O9/c1-6-39-28-25(37)12-9-14(29(2)3)11-7-10-8-13-18(30(4)5)21(33)17(24(27)36)23(35)26(13,38)22(34)15(10)20(32)16(11)19(12)31/h9-10,13,18,31-32,35,38H,6-8H2,1-5H3,(H2,27,36)(H,28,37)/t10-,13-,18-,26-/m0/s1. The fourth-order valence-corrected chi connectivity index (χ4v) is 6.06. The molecule has 3 aliphatic rings. The second-order valence-electron chi connectivity index (χ2n) is 10.4. The number of aliphatic hydroxyl groups excluding tert-OH is 2. The van der Waals surface area contributed by atoms with Gasteiger partial charge in [0.25, 0.3) is 11.8 Å². The van der Waals surface area contributed by atoms with Crippen LogP contribution in [0.1, 0.15) is 34.8 Å². The Morgan fingerprint density at radius 2 is 1.82 bits per heavy atom. The number of phenols is 1. The predicted molar refractivity (Wildman–Crippen MR) is 138 cm³/mol. The van der Waals surface area contributed by atoms with Crippen LogP contribution in [0.15, 0.2) is 23.0 Å². The number of hydroxylamine groups is 1. The molecule has 0 radical (unpaired) electrons. The molecule has 13 heteroatoms. The summed E-state index contributed by atoms with van der Waals surface area (Å²) >= 11 is 0. The molecule has 4 atom stereocenters. The van der Waals surface area contributed by atoms with E-state index < -0.39 is 69.7 Å². The highest BCUT2D eigenvalue weighted by molar-refractivity contribution is 6.24. The molecule has 0 heterocycles. The lowest BCUT2D eigenvalue weighted by molar-refractivity contribution is -0.153. The number of aliphatic hydroxyl groups is 3. The number of Topliss-reactive ketones (excluding diaryl/α,β-unsaturated/α-hetero) is 2. The molecule has 3 aliphatic carbocycles. The van der Waals surface area contributed by atoms with Gasteiger partial charge in [-0.25, -0.2) is 5.48 Å². The van der Waals surface area contributed by atoms with Crippen molar-refractivity contribution in [2.24, 2.45) is 17.6 Å². The molecule has 0 spiro atoms. The van der Waals surface area contributed by atoms with Gasteiger partial charge in [-0.2, -0.15) is 0 Å². The second kappa shape index (κ2) is 9.67. The average molecular weight is 545 g/mol. The third-order valence-electron chi connectivity index (χ3n) is 7.73. The number of carbonyl (C=O) groups is 4. The largest absolute Gasteiger partial charge is 0.508 e. The monoisotopic (exact) mass is 544 g/mol. The maximum Gasteiger partial charge on any atom is 0.278 e. The number of nitrogens with zero attached hydrogens (tertiary/aromatic N) is 2. The highest BCUT2D eigenvalue weighted by Crippen LogP contribution is 2.54. The summed E-state index contributed by atoms with van der Waals surface area (Å²) in [6.45, 7) is 1.80. The van der Waals surface area contributed by atoms with Gasteiger partial charge in [0.05, 0.1) is 23.8 Å². The van der Waals surface area contributed by atoms with Gasteiger partial charge < -0.3 is 31.1 Å². The number of primary amides is 1. The van der Waals surface area contributed by atoms with Gasteiger partial charge in [0.15, 0.2) is 11.4 Å². The number of aromatic hydroxyl groups is 1. The zero-order valence-electron chi connectivity index (χ0n) is 22.2. The molecule has 13 nitrogen and oxygen atoms in total. The summed E-state index contributed by atoms with van der Waals surface area (Å²) in [7, 11) is 6.47. The van der Waals surface area contributed by atoms with E-state index in [2.05, 4.69) is 5.48 Å². The summed E-state index contributed by atoms with van der Waals surface area (Å²) in [5.74, 6) is -8.41. The Balaban J connectivity index is 1.98. The Morgan fingerprint density at radius 3 is 2.36 bits per heavy atom. The number of carbonyl (C=O) groups excluding carboxylic acids is 4. The van der Waals surface area contributed by atoms with Crippen LogP contribution in [0.3, 0.4) is 0 Å². The van der Waals surface area contributed by atoms with Gasteiger partial charge in [0.2, 0.25) is 5.78 Å². The zero-order valence-corrected chi connectivity index (χ0v) is 22.2. The number of nitrogens with two attached hydrogens (primary N) is 1. The number of nitrogens with one attached hydrogen (secondary N) is 1. The van der Waals surface area contributed by atoms with Gasteiger partial charge in [0, 0.05) is 31.3 Å². The predicted octanol–water partition coefficient (Wildman–Crippen LogP) is -0.289. The summed E-state index contributed by atoms with van der Waals surface area (Å²) in [5, 5.41) is 45.1. The molecule has 210 valence electrons. The van der Waals surface area contributed by atoms with Gasteiger partial charge in [-0.15, -0.1) is 0 Å². The summed E-state index contributed by atoms with van der Waals surface area (Å²) < 4.78 is 0. The van der Waals surface area contributed by atoms with E-state index in [0.717, 1.165) is 0 Å². The molecule has 4 rings (SSSR count). The van der Waals surface area contributed by atoms with Crippen molar-refractivity contribution in [1.29, 1.82) is 0 Å². The van der Waals surface area contributed by atoms with Crippen molar-refractivity contribution in [3.63, 3.8) is 0 Å². The molecule has 1 fully saturated rings. The topological polar surface area (TPSA) is 203 Å². The summed E-state index contributed by atoms with van der Waals surface area (Å²) in [6.07, 6.45) is 0.0644. The molecule has 7 N–H and O–H groups in total. The molecule has 0 saturated heterocycles. The van der Waals surface area contributed by atoms with E-state index in [1.165, 1.54) is 25.1 Å². The van der Waals surface area contributed by atoms with E-state index in [1.54, 1.807) is 25.9 Å². The Kier molecular flexibility index (Phi) is 6.96. The maximum absolute atomic E-state index is 13.9. The number of hydrogen-bond acceptors (Lipinski definition) is 11. The molecule has 0 bridgehead atoms. The lowest BCUT2D eigenvalue weighted by Gasteiger charge is -2.50. The van der Waals surface area contributed by atoms with Crippen molar-refractivity contribution >= 4 is 34.8 Å². The fourth-order valence-electron chi connectivity index (χ4n) is 6.06. The first-order valence-electron chi connectivity index (χ1n) is 12.3. The SMILES string of the molecule is CCONC(=O)c1cc(N(C)C)c2c(c1O)C(O)=C1C(=O)[C@]3(O)C(O)=C(C(N)=O)C(=O)[C@@H](N(C)C)[C@@H]3C[C@@H]1C2. The lowest BCUT2D eigenvalue weighted by Crippen LogP contribution is -2.65. The quantitative estimate of drug-likeness (QED) is 0.203. The maximum atomic E-state index is 13.9. The van der Waals surface area contributed by atoms with E-state index in [1.807, 2.05) is 0 Å². The Morgan fingerprint density at radius 1 is 1.18 bits per heavy atom. The Labute approximate surface area is 224 Å². The van der Waals surface area contributed by atoms with Gasteiger partial charge >= 0.3 is 0 Å². The van der Waals surface area contributed by atoms with Gasteiger partial charge in [-0.1, -0.05) is 0 Å². The molecular formula is C26H32N4O9. The van der Waals surface area contributed by atoms with Crippen molar-refractivity contribution in [2.75, 3.05) is 39.7 Å². The van der Waals surface area contributed by atoms with E-state index in [9.17, 15) is 39.6 Å². The van der Waals surface area contributed by atoms with Crippen LogP contribution < -0.4 is 16.1 Å². The highest BCUT2D eigenvalue weighted by Gasteiger charge is 2.64. The molecule has 39 heavy (non-hydrogen) atoms. The number of amides is 2. The minimum Gasteiger partial charge on any atom is -0.508 e. The van der Waals surface area contributed by atoms with Crippen LogP contribution in [-0.2, 0) is 25.6 Å². The van der Waals surface area contributed by atoms with Crippen LogP contribution >= 0.6 is 0 Å². The van der Waals surface area contributed by atoms with E-state index in [0.29, 0.717) is 11.3 Å². The zero-order chi connectivity index (χ0) is 29.1. The first-order valence-corrected chi connectivity index (χ1v) is 12.3. The number of ketones is 2. The number of likely N-dealkylation sites (N-methyl/N-ethyl adjacent to an activating group) is 1. The first kappa shape index (κ1) is 28.1. The molecule has 2 amide bonds. The molecule has 1 aromatic carbocycles. The van der Waals surface area contributed by atoms with E-state index in [-0.39, 0.29) is 36.1 Å². The molecule has 0 unspecified atom stereocenters. The second-order valence-corrected chi connectivity index (χ2v) is 10.4. The first-order chi connectivity index (χ1) is 18.2. The van der Waals surface area contributed by atoms with Gasteiger partial charge in [0.1, 0.15) is 22.8 Å². The van der Waals surface area contributed by atoms with Crippen molar-refractivity contribution in [2.45, 2.75) is 31.4 Å². The normalized spacial score (nSPS) is 26.3. The number of benzene rings is 1. The molecule has 1 saturated carbocycles. The summed E-state index contributed by atoms with van der Waals surface area (Å²) in [6, 6.07) is 0.260. The van der Waals surface area contributed by atoms with Crippen LogP contribution in [-0.4, -0.2) is 95.1 Å². The molecule has 1 aromatic rings. The number of rotatable bonds is 6. The van der Waals surface area contributed by atoms with Crippen LogP contribution in [0, 0.1) is 11.8 Å². The molecular weight excluding hydrogens is 512 g/mol. The van der Waals surface area contributed by atoms with Crippen LogP contribution in [0.5, 0.6) is 5.75 Å². The smallest absolute Gasteiger partial charge is 0.278 e. The number of anilines is 1. The summed E-state index contributed by atoms with van der Waals surface area (Å²) in [5.41, 5.74) is 4.10. The number of phenolic OH excluding ortho intramolecular Hbond substituents is 1. The Hall–Kier alpha value is -3.94. The fraction of sp³-hybridized carbons (Fsp3) is 0.462. The van der Waals surface area contributed by atoms with Crippen LogP contribution in [0.4, 0.5) is 5.69 Å². The van der Waals surface area contributed by atoms with Crippen molar-refractivity contribution in [3.05, 3.63) is 39.7 Å². The van der Waals surface area contributed by atoms with Gasteiger partial charge in [-0.3, -0.25) is 28.9 Å². The Bertz CT molecular complexity index is 1360. The molecule has 0 aliphatic heterocycles. The van der Waals surface area contributed by atoms with Crippen molar-refractivity contribution in [1.82, 2.24) is 10.4 Å². The third-order valence-corrected chi connectivity index (χ3v) is 7.73. The van der Waals surface area contributed by atoms with E-state index >= 15 is 0 Å². The average Bonchev–Trinajstić information content (AvgIpc) is 2.84. The van der Waals surface area contributed by atoms with Crippen molar-refractivity contribution < 1.29 is 44.4 Å². The van der Waals surface area contributed by atoms with E-state index in [4.69, 9.17) is 10.6 Å². The minimum absolute atomic E-state index is 0.0357. The van der Waals surface area contributed by atoms with Crippen molar-refractivity contribution in [3.8, 4) is 5.75 Å². The number of hydrogen-bond donors (Lipinski definition) is 6.